The Labute approximate surface area is 261 Å². The van der Waals surface area contributed by atoms with Crippen LogP contribution in [0.4, 0.5) is 5.69 Å². The SMILES string of the molecule is CCOC(=O)C1=NN(c2ccc(Br)cc2)[C@]2(S1)SC(c1ccc(Br)cc1)(c1ccc(Br)cc1)c1ccccc12. The number of anilines is 1. The Morgan fingerprint density at radius 3 is 1.85 bits per heavy atom. The summed E-state index contributed by atoms with van der Waals surface area (Å²) in [5.74, 6) is -0.413. The van der Waals surface area contributed by atoms with Crippen molar-refractivity contribution < 1.29 is 9.53 Å². The number of halogens is 3. The van der Waals surface area contributed by atoms with Crippen LogP contribution in [0, 0.1) is 0 Å². The minimum absolute atomic E-state index is 0.287. The zero-order valence-corrected chi connectivity index (χ0v) is 27.0. The van der Waals surface area contributed by atoms with Gasteiger partial charge in [-0.1, -0.05) is 120 Å². The molecule has 0 radical (unpaired) electrons. The molecule has 2 aliphatic rings. The average molecular weight is 745 g/mol. The van der Waals surface area contributed by atoms with Crippen LogP contribution in [0.5, 0.6) is 0 Å². The van der Waals surface area contributed by atoms with Gasteiger partial charge in [-0.05, 0) is 72.1 Å². The highest BCUT2D eigenvalue weighted by Crippen LogP contribution is 2.71. The van der Waals surface area contributed by atoms with E-state index in [1.165, 1.54) is 11.8 Å². The van der Waals surface area contributed by atoms with Crippen molar-refractivity contribution in [1.29, 1.82) is 0 Å². The molecule has 6 rings (SSSR count). The van der Waals surface area contributed by atoms with Crippen molar-refractivity contribution >= 4 is 88.0 Å². The maximum absolute atomic E-state index is 13.1. The van der Waals surface area contributed by atoms with Gasteiger partial charge in [-0.2, -0.15) is 5.10 Å². The molecular formula is C30H21Br3N2O2S2. The summed E-state index contributed by atoms with van der Waals surface area (Å²) in [5, 5.41) is 7.23. The molecule has 1 atom stereocenters. The quantitative estimate of drug-likeness (QED) is 0.191. The Hall–Kier alpha value is -2.04. The molecule has 39 heavy (non-hydrogen) atoms. The molecule has 0 unspecified atom stereocenters. The van der Waals surface area contributed by atoms with Gasteiger partial charge in [-0.25, -0.2) is 9.80 Å². The van der Waals surface area contributed by atoms with Gasteiger partial charge in [-0.15, -0.1) is 0 Å². The molecule has 0 saturated carbocycles. The van der Waals surface area contributed by atoms with E-state index in [1.807, 2.05) is 36.2 Å². The third-order valence-corrected chi connectivity index (χ3v) is 11.5. The molecule has 0 saturated heterocycles. The maximum atomic E-state index is 13.1. The molecule has 0 fully saturated rings. The van der Waals surface area contributed by atoms with Crippen LogP contribution in [0.2, 0.25) is 0 Å². The lowest BCUT2D eigenvalue weighted by molar-refractivity contribution is -0.134. The Morgan fingerprint density at radius 2 is 1.31 bits per heavy atom. The third kappa shape index (κ3) is 4.60. The first-order chi connectivity index (χ1) is 18.9. The van der Waals surface area contributed by atoms with E-state index in [0.29, 0.717) is 5.04 Å². The van der Waals surface area contributed by atoms with Gasteiger partial charge < -0.3 is 4.74 Å². The fourth-order valence-electron chi connectivity index (χ4n) is 5.02. The van der Waals surface area contributed by atoms with Crippen molar-refractivity contribution in [3.05, 3.63) is 133 Å². The second-order valence-corrected chi connectivity index (χ2v) is 14.5. The summed E-state index contributed by atoms with van der Waals surface area (Å²) in [7, 11) is 0. The summed E-state index contributed by atoms with van der Waals surface area (Å²) in [6.45, 7) is 2.10. The maximum Gasteiger partial charge on any atom is 0.365 e. The molecule has 0 amide bonds. The molecule has 0 aliphatic carbocycles. The molecule has 0 N–H and O–H groups in total. The van der Waals surface area contributed by atoms with Gasteiger partial charge in [0.15, 0.2) is 4.20 Å². The molecule has 4 aromatic rings. The number of hydrogen-bond donors (Lipinski definition) is 0. The van der Waals surface area contributed by atoms with Crippen LogP contribution < -0.4 is 5.01 Å². The third-order valence-electron chi connectivity index (χ3n) is 6.67. The van der Waals surface area contributed by atoms with E-state index < -0.39 is 14.9 Å². The molecule has 0 aromatic heterocycles. The minimum Gasteiger partial charge on any atom is -0.461 e. The summed E-state index contributed by atoms with van der Waals surface area (Å²) in [5.41, 5.74) is 5.42. The summed E-state index contributed by atoms with van der Waals surface area (Å²) in [4.78, 5) is 13.1. The van der Waals surface area contributed by atoms with Crippen LogP contribution in [0.15, 0.2) is 116 Å². The van der Waals surface area contributed by atoms with Crippen molar-refractivity contribution in [2.75, 3.05) is 11.6 Å². The second-order valence-electron chi connectivity index (χ2n) is 8.94. The lowest BCUT2D eigenvalue weighted by Gasteiger charge is -2.37. The summed E-state index contributed by atoms with van der Waals surface area (Å²) < 4.78 is 7.10. The number of rotatable bonds is 5. The van der Waals surface area contributed by atoms with Gasteiger partial charge in [0.2, 0.25) is 5.04 Å². The highest BCUT2D eigenvalue weighted by molar-refractivity contribution is 9.11. The van der Waals surface area contributed by atoms with Crippen LogP contribution in [0.3, 0.4) is 0 Å². The predicted molar refractivity (Wildman–Crippen MR) is 172 cm³/mol. The Bertz CT molecular complexity index is 1530. The second kappa shape index (κ2) is 10.7. The fraction of sp³-hybridized carbons (Fsp3) is 0.133. The van der Waals surface area contributed by atoms with E-state index in [1.54, 1.807) is 11.8 Å². The van der Waals surface area contributed by atoms with Crippen molar-refractivity contribution in [3.63, 3.8) is 0 Å². The highest BCUT2D eigenvalue weighted by Gasteiger charge is 2.62. The standard InChI is InChI=1S/C30H21Br3N2O2S2/c1-2-37-28(36)27-34-35(24-17-15-23(33)16-18-24)30(38-27)26-6-4-3-5-25(26)29(39-30,19-7-11-21(31)12-8-19)20-9-13-22(32)14-10-20/h3-18H,2H2,1H3/t30-/m1/s1. The van der Waals surface area contributed by atoms with Crippen molar-refractivity contribution in [3.8, 4) is 0 Å². The van der Waals surface area contributed by atoms with E-state index in [4.69, 9.17) is 9.84 Å². The van der Waals surface area contributed by atoms with Crippen LogP contribution in [-0.2, 0) is 18.5 Å². The van der Waals surface area contributed by atoms with Crippen molar-refractivity contribution in [2.24, 2.45) is 5.10 Å². The summed E-state index contributed by atoms with van der Waals surface area (Å²) in [6, 6.07) is 33.5. The van der Waals surface area contributed by atoms with E-state index in [2.05, 4.69) is 121 Å². The van der Waals surface area contributed by atoms with Gasteiger partial charge in [0.25, 0.3) is 0 Å². The normalized spacial score (nSPS) is 19.2. The number of esters is 1. The first-order valence-electron chi connectivity index (χ1n) is 12.2. The number of carbonyl (C=O) groups excluding carboxylic acids is 1. The average Bonchev–Trinajstić information content (AvgIpc) is 3.47. The monoisotopic (exact) mass is 742 g/mol. The lowest BCUT2D eigenvalue weighted by atomic mass is 9.82. The largest absolute Gasteiger partial charge is 0.461 e. The zero-order chi connectivity index (χ0) is 27.2. The highest BCUT2D eigenvalue weighted by atomic mass is 79.9. The van der Waals surface area contributed by atoms with Crippen LogP contribution in [-0.4, -0.2) is 17.6 Å². The summed E-state index contributed by atoms with van der Waals surface area (Å²) >= 11 is 14.0. The minimum atomic E-state index is -0.757. The molecule has 4 aromatic carbocycles. The Morgan fingerprint density at radius 1 is 0.795 bits per heavy atom. The first-order valence-corrected chi connectivity index (χ1v) is 16.2. The van der Waals surface area contributed by atoms with Gasteiger partial charge in [0.1, 0.15) is 0 Å². The number of thioether (sulfide) groups is 2. The number of ether oxygens (including phenoxy) is 1. The topological polar surface area (TPSA) is 41.9 Å². The number of carbonyl (C=O) groups is 1. The fourth-order valence-corrected chi connectivity index (χ4v) is 9.37. The van der Waals surface area contributed by atoms with Gasteiger partial charge in [0.05, 0.1) is 17.0 Å². The number of hydrazone groups is 1. The Balaban J connectivity index is 1.62. The van der Waals surface area contributed by atoms with E-state index in [-0.39, 0.29) is 6.61 Å². The van der Waals surface area contributed by atoms with Crippen molar-refractivity contribution in [2.45, 2.75) is 15.9 Å². The molecule has 1 spiro atoms. The smallest absolute Gasteiger partial charge is 0.365 e. The molecule has 2 aliphatic heterocycles. The van der Waals surface area contributed by atoms with Gasteiger partial charge in [-0.3, -0.25) is 0 Å². The molecule has 9 heteroatoms. The molecule has 0 bridgehead atoms. The Kier molecular flexibility index (Phi) is 7.48. The van der Waals surface area contributed by atoms with E-state index >= 15 is 0 Å². The van der Waals surface area contributed by atoms with Crippen LogP contribution in [0.1, 0.15) is 29.2 Å². The van der Waals surface area contributed by atoms with Crippen LogP contribution >= 0.6 is 71.3 Å². The molecule has 2 heterocycles. The summed E-state index contributed by atoms with van der Waals surface area (Å²) in [6.07, 6.45) is 0. The molecular weight excluding hydrogens is 724 g/mol. The van der Waals surface area contributed by atoms with Crippen molar-refractivity contribution in [1.82, 2.24) is 0 Å². The lowest BCUT2D eigenvalue weighted by Crippen LogP contribution is -2.34. The zero-order valence-electron chi connectivity index (χ0n) is 20.6. The van der Waals surface area contributed by atoms with E-state index in [0.717, 1.165) is 41.4 Å². The molecule has 196 valence electrons. The van der Waals surface area contributed by atoms with Crippen LogP contribution in [0.25, 0.3) is 0 Å². The first kappa shape index (κ1) is 27.1. The number of nitrogens with zero attached hydrogens (tertiary/aromatic N) is 2. The van der Waals surface area contributed by atoms with Gasteiger partial charge >= 0.3 is 5.97 Å². The van der Waals surface area contributed by atoms with E-state index in [9.17, 15) is 4.79 Å². The number of fused-ring (bicyclic) bond motifs is 2. The predicted octanol–water partition coefficient (Wildman–Crippen LogP) is 9.25. The number of hydrogen-bond acceptors (Lipinski definition) is 6. The van der Waals surface area contributed by atoms with Gasteiger partial charge in [0, 0.05) is 19.0 Å². The molecule has 4 nitrogen and oxygen atoms in total. The number of benzene rings is 4.